The van der Waals surface area contributed by atoms with Gasteiger partial charge >= 0.3 is 6.18 Å². The molecule has 0 bridgehead atoms. The number of primary amides is 1. The lowest BCUT2D eigenvalue weighted by Gasteiger charge is -2.46. The predicted molar refractivity (Wildman–Crippen MR) is 119 cm³/mol. The van der Waals surface area contributed by atoms with Crippen LogP contribution in [0.3, 0.4) is 0 Å². The topological polar surface area (TPSA) is 130 Å². The number of carbonyl (C=O) groups excluding carboxylic acids is 2. The summed E-state index contributed by atoms with van der Waals surface area (Å²) in [6.07, 6.45) is -2.71. The average Bonchev–Trinajstić information content (AvgIpc) is 2.81. The molecular weight excluding hydrogens is 489 g/mol. The van der Waals surface area contributed by atoms with Gasteiger partial charge in [0, 0.05) is 25.3 Å². The number of nitrogen functional groups attached to an aromatic ring is 1. The summed E-state index contributed by atoms with van der Waals surface area (Å²) < 4.78 is 67.7. The summed E-state index contributed by atoms with van der Waals surface area (Å²) in [5.41, 5.74) is 9.76. The van der Waals surface area contributed by atoms with Crippen LogP contribution in [0.15, 0.2) is 24.5 Å². The van der Waals surface area contributed by atoms with Gasteiger partial charge in [0.2, 0.25) is 17.6 Å². The molecule has 0 radical (unpaired) electrons. The highest BCUT2D eigenvalue weighted by atomic mass is 19.4. The maximum absolute atomic E-state index is 14.6. The molecule has 2 saturated heterocycles. The fourth-order valence-electron chi connectivity index (χ4n) is 4.77. The van der Waals surface area contributed by atoms with Crippen LogP contribution in [0.1, 0.15) is 24.8 Å². The van der Waals surface area contributed by atoms with Gasteiger partial charge in [-0.25, -0.2) is 14.4 Å². The van der Waals surface area contributed by atoms with Crippen LogP contribution in [0, 0.1) is 17.6 Å². The Morgan fingerprint density at radius 1 is 1.11 bits per heavy atom. The highest BCUT2D eigenvalue weighted by molar-refractivity contribution is 5.87. The summed E-state index contributed by atoms with van der Waals surface area (Å²) in [4.78, 5) is 36.1. The number of rotatable bonds is 5. The lowest BCUT2D eigenvalue weighted by Crippen LogP contribution is -2.61. The molecule has 0 spiro atoms. The monoisotopic (exact) mass is 513 g/mol. The number of aromatic nitrogens is 2. The molecule has 0 aliphatic carbocycles. The second-order valence-corrected chi connectivity index (χ2v) is 8.80. The van der Waals surface area contributed by atoms with Gasteiger partial charge in [-0.2, -0.15) is 17.6 Å². The number of anilines is 3. The number of alkyl halides is 3. The number of amides is 2. The van der Waals surface area contributed by atoms with Crippen molar-refractivity contribution in [3.63, 3.8) is 0 Å². The van der Waals surface area contributed by atoms with E-state index in [1.807, 2.05) is 0 Å². The predicted octanol–water partition coefficient (Wildman–Crippen LogP) is 2.14. The quantitative estimate of drug-likeness (QED) is 0.523. The summed E-state index contributed by atoms with van der Waals surface area (Å²) in [7, 11) is 0. The van der Waals surface area contributed by atoms with E-state index in [0.29, 0.717) is 12.5 Å². The second kappa shape index (κ2) is 9.74. The van der Waals surface area contributed by atoms with E-state index in [1.165, 1.54) is 4.90 Å². The fraction of sp³-hybridized carbons (Fsp3) is 0.455. The van der Waals surface area contributed by atoms with Gasteiger partial charge in [-0.3, -0.25) is 9.59 Å². The van der Waals surface area contributed by atoms with Gasteiger partial charge in [0.05, 0.1) is 17.5 Å². The van der Waals surface area contributed by atoms with Gasteiger partial charge in [0.25, 0.3) is 0 Å². The highest BCUT2D eigenvalue weighted by Crippen LogP contribution is 2.33. The Hall–Kier alpha value is -3.71. The Balaban J connectivity index is 1.57. The van der Waals surface area contributed by atoms with Gasteiger partial charge in [0.1, 0.15) is 18.2 Å². The molecular formula is C22H24F5N7O2. The molecule has 2 fully saturated rings. The summed E-state index contributed by atoms with van der Waals surface area (Å²) in [6, 6.07) is 0.261. The number of nitrogens with zero attached hydrogens (tertiary/aromatic N) is 4. The first-order valence-corrected chi connectivity index (χ1v) is 11.2. The maximum atomic E-state index is 14.6. The average molecular weight is 513 g/mol. The first-order valence-electron chi connectivity index (χ1n) is 11.2. The van der Waals surface area contributed by atoms with E-state index in [1.54, 1.807) is 4.90 Å². The van der Waals surface area contributed by atoms with Crippen LogP contribution in [-0.4, -0.2) is 58.4 Å². The number of nitrogens with one attached hydrogen (secondary N) is 1. The molecule has 5 N–H and O–H groups in total. The van der Waals surface area contributed by atoms with E-state index in [0.717, 1.165) is 18.5 Å². The zero-order valence-electron chi connectivity index (χ0n) is 18.9. The molecule has 1 unspecified atom stereocenters. The van der Waals surface area contributed by atoms with Crippen molar-refractivity contribution in [3.05, 3.63) is 41.7 Å². The van der Waals surface area contributed by atoms with Crippen molar-refractivity contribution in [1.82, 2.24) is 14.9 Å². The second-order valence-electron chi connectivity index (χ2n) is 8.80. The number of halogens is 5. The normalized spacial score (nSPS) is 23.0. The van der Waals surface area contributed by atoms with Gasteiger partial charge in [0.15, 0.2) is 11.6 Å². The van der Waals surface area contributed by atoms with Gasteiger partial charge in [-0.15, -0.1) is 0 Å². The molecule has 0 saturated carbocycles. The largest absolute Gasteiger partial charge is 0.416 e. The number of hydrogen-bond acceptors (Lipinski definition) is 7. The molecule has 2 aliphatic heterocycles. The van der Waals surface area contributed by atoms with Crippen molar-refractivity contribution in [3.8, 4) is 0 Å². The number of piperidine rings is 2. The van der Waals surface area contributed by atoms with Gasteiger partial charge < -0.3 is 26.6 Å². The Kier molecular flexibility index (Phi) is 6.87. The van der Waals surface area contributed by atoms with Crippen molar-refractivity contribution in [2.24, 2.45) is 11.7 Å². The molecule has 9 nitrogen and oxygen atoms in total. The number of hydrogen-bond donors (Lipinski definition) is 3. The Morgan fingerprint density at radius 3 is 2.56 bits per heavy atom. The van der Waals surface area contributed by atoms with E-state index in [-0.39, 0.29) is 49.8 Å². The van der Waals surface area contributed by atoms with Gasteiger partial charge in [-0.05, 0) is 37.5 Å². The lowest BCUT2D eigenvalue weighted by atomic mass is 9.87. The van der Waals surface area contributed by atoms with Crippen LogP contribution in [-0.2, 0) is 15.8 Å². The van der Waals surface area contributed by atoms with Crippen LogP contribution in [0.5, 0.6) is 0 Å². The summed E-state index contributed by atoms with van der Waals surface area (Å²) >= 11 is 0. The molecule has 14 heteroatoms. The third-order valence-corrected chi connectivity index (χ3v) is 6.48. The van der Waals surface area contributed by atoms with E-state index in [9.17, 15) is 31.5 Å². The molecule has 1 aromatic heterocycles. The van der Waals surface area contributed by atoms with Crippen molar-refractivity contribution >= 4 is 29.1 Å². The van der Waals surface area contributed by atoms with E-state index >= 15 is 0 Å². The zero-order chi connectivity index (χ0) is 26.2. The molecule has 3 atom stereocenters. The van der Waals surface area contributed by atoms with Crippen molar-refractivity contribution in [1.29, 1.82) is 0 Å². The first-order chi connectivity index (χ1) is 17.0. The molecule has 1 aromatic carbocycles. The van der Waals surface area contributed by atoms with Crippen molar-refractivity contribution < 1.29 is 31.5 Å². The van der Waals surface area contributed by atoms with Crippen LogP contribution >= 0.6 is 0 Å². The smallest absolute Gasteiger partial charge is 0.381 e. The molecule has 36 heavy (non-hydrogen) atoms. The fourth-order valence-corrected chi connectivity index (χ4v) is 4.77. The standard InChI is InChI=1S/C22H24F5N7O2/c23-12-6-11(22(25,26)27)7-13(8-12)32-15-2-1-4-34(21(15)36)16-9-33(5-3-14(16)19(29)35)20-17(24)18(28)30-10-31-20/h6-8,10,14-16,32H,1-5,9H2,(H2,29,35)(H2,28,30,31)/t14-,15?,16-/m0/s1. The number of benzene rings is 1. The minimum absolute atomic E-state index is 0.0254. The van der Waals surface area contributed by atoms with Crippen LogP contribution < -0.4 is 21.7 Å². The van der Waals surface area contributed by atoms with E-state index < -0.39 is 53.2 Å². The van der Waals surface area contributed by atoms with Crippen molar-refractivity contribution in [2.75, 3.05) is 35.6 Å². The lowest BCUT2D eigenvalue weighted by molar-refractivity contribution is -0.140. The van der Waals surface area contributed by atoms with E-state index in [4.69, 9.17) is 11.5 Å². The highest BCUT2D eigenvalue weighted by Gasteiger charge is 2.43. The molecule has 194 valence electrons. The summed E-state index contributed by atoms with van der Waals surface area (Å²) in [6.45, 7) is 0.507. The molecule has 2 aliphatic rings. The molecule has 2 amide bonds. The number of nitrogens with two attached hydrogens (primary N) is 2. The molecule has 3 heterocycles. The Bertz CT molecular complexity index is 1160. The van der Waals surface area contributed by atoms with Gasteiger partial charge in [-0.1, -0.05) is 0 Å². The minimum Gasteiger partial charge on any atom is -0.381 e. The number of likely N-dealkylation sites (tertiary alicyclic amines) is 1. The SMILES string of the molecule is NC(=O)[C@H]1CCN(c2ncnc(N)c2F)C[C@@H]1N1CCCC(Nc2cc(F)cc(C(F)(F)F)c2)C1=O. The van der Waals surface area contributed by atoms with Crippen LogP contribution in [0.25, 0.3) is 0 Å². The zero-order valence-corrected chi connectivity index (χ0v) is 18.9. The third-order valence-electron chi connectivity index (χ3n) is 6.48. The minimum atomic E-state index is -4.76. The van der Waals surface area contributed by atoms with Crippen LogP contribution in [0.2, 0.25) is 0 Å². The first kappa shape index (κ1) is 25.4. The number of carbonyl (C=O) groups is 2. The molecule has 2 aromatic rings. The van der Waals surface area contributed by atoms with Crippen LogP contribution in [0.4, 0.5) is 39.3 Å². The summed E-state index contributed by atoms with van der Waals surface area (Å²) in [5.74, 6) is -4.21. The molecule has 4 rings (SSSR count). The van der Waals surface area contributed by atoms with E-state index in [2.05, 4.69) is 15.3 Å². The third kappa shape index (κ3) is 5.11. The Morgan fingerprint density at radius 2 is 1.86 bits per heavy atom. The maximum Gasteiger partial charge on any atom is 0.416 e. The summed E-state index contributed by atoms with van der Waals surface area (Å²) in [5, 5.41) is 2.70. The van der Waals surface area contributed by atoms with Crippen molar-refractivity contribution in [2.45, 2.75) is 37.5 Å². The Labute approximate surface area is 202 Å².